The van der Waals surface area contributed by atoms with Gasteiger partial charge in [0.05, 0.1) is 0 Å². The molecule has 134 valence electrons. The molecule has 26 heavy (non-hydrogen) atoms. The van der Waals surface area contributed by atoms with E-state index in [2.05, 4.69) is 41.2 Å². The Morgan fingerprint density at radius 2 is 2.04 bits per heavy atom. The molecule has 1 fully saturated rings. The largest absolute Gasteiger partial charge is 0.337 e. The SMILES string of the molecule is C#Cc1cccc(C(=O)N(C)C2CCCN(CCc3ccccc3)C2)c1. The first kappa shape index (κ1) is 18.2. The van der Waals surface area contributed by atoms with Crippen molar-refractivity contribution in [1.29, 1.82) is 0 Å². The second-order valence-corrected chi connectivity index (χ2v) is 6.97. The van der Waals surface area contributed by atoms with Crippen LogP contribution in [-0.2, 0) is 6.42 Å². The average molecular weight is 346 g/mol. The lowest BCUT2D eigenvalue weighted by atomic mass is 10.0. The third-order valence-corrected chi connectivity index (χ3v) is 5.18. The van der Waals surface area contributed by atoms with Crippen LogP contribution in [0.15, 0.2) is 54.6 Å². The highest BCUT2D eigenvalue weighted by Crippen LogP contribution is 2.18. The molecule has 1 saturated heterocycles. The summed E-state index contributed by atoms with van der Waals surface area (Å²) in [7, 11) is 1.91. The second-order valence-electron chi connectivity index (χ2n) is 6.97. The van der Waals surface area contributed by atoms with Gasteiger partial charge in [-0.3, -0.25) is 4.79 Å². The van der Waals surface area contributed by atoms with Gasteiger partial charge in [-0.15, -0.1) is 6.42 Å². The molecule has 0 bridgehead atoms. The van der Waals surface area contributed by atoms with Crippen LogP contribution in [0.5, 0.6) is 0 Å². The fourth-order valence-electron chi connectivity index (χ4n) is 3.59. The first-order valence-corrected chi connectivity index (χ1v) is 9.27. The van der Waals surface area contributed by atoms with E-state index in [0.29, 0.717) is 5.56 Å². The van der Waals surface area contributed by atoms with Gasteiger partial charge in [0.1, 0.15) is 0 Å². The highest BCUT2D eigenvalue weighted by atomic mass is 16.2. The van der Waals surface area contributed by atoms with Crippen molar-refractivity contribution in [3.05, 3.63) is 71.3 Å². The van der Waals surface area contributed by atoms with Gasteiger partial charge in [0.2, 0.25) is 0 Å². The van der Waals surface area contributed by atoms with E-state index in [9.17, 15) is 4.79 Å². The van der Waals surface area contributed by atoms with Crippen LogP contribution >= 0.6 is 0 Å². The third kappa shape index (κ3) is 4.53. The lowest BCUT2D eigenvalue weighted by molar-refractivity contribution is 0.0619. The van der Waals surface area contributed by atoms with Gasteiger partial charge in [-0.1, -0.05) is 42.3 Å². The summed E-state index contributed by atoms with van der Waals surface area (Å²) in [5.41, 5.74) is 2.78. The van der Waals surface area contributed by atoms with E-state index in [4.69, 9.17) is 6.42 Å². The van der Waals surface area contributed by atoms with Gasteiger partial charge in [0.25, 0.3) is 5.91 Å². The molecule has 3 rings (SSSR count). The molecule has 1 heterocycles. The summed E-state index contributed by atoms with van der Waals surface area (Å²) < 4.78 is 0. The van der Waals surface area contributed by atoms with Gasteiger partial charge in [0.15, 0.2) is 0 Å². The summed E-state index contributed by atoms with van der Waals surface area (Å²) >= 11 is 0. The molecule has 1 atom stereocenters. The van der Waals surface area contributed by atoms with E-state index in [1.165, 1.54) is 5.56 Å². The Bertz CT molecular complexity index is 778. The maximum Gasteiger partial charge on any atom is 0.253 e. The Kier molecular flexibility index (Phi) is 6.09. The number of carbonyl (C=O) groups excluding carboxylic acids is 1. The van der Waals surface area contributed by atoms with Crippen molar-refractivity contribution >= 4 is 5.91 Å². The molecule has 0 N–H and O–H groups in total. The number of benzene rings is 2. The minimum absolute atomic E-state index is 0.0528. The fraction of sp³-hybridized carbons (Fsp3) is 0.348. The molecule has 1 aliphatic rings. The van der Waals surface area contributed by atoms with Crippen LogP contribution in [0.25, 0.3) is 0 Å². The summed E-state index contributed by atoms with van der Waals surface area (Å²) in [5, 5.41) is 0. The van der Waals surface area contributed by atoms with Crippen molar-refractivity contribution in [1.82, 2.24) is 9.80 Å². The number of rotatable bonds is 5. The van der Waals surface area contributed by atoms with Gasteiger partial charge in [-0.2, -0.15) is 0 Å². The Labute approximate surface area is 156 Å². The van der Waals surface area contributed by atoms with Crippen molar-refractivity contribution in [3.8, 4) is 12.3 Å². The topological polar surface area (TPSA) is 23.6 Å². The lowest BCUT2D eigenvalue weighted by Crippen LogP contribution is -2.49. The van der Waals surface area contributed by atoms with Crippen LogP contribution in [0.4, 0.5) is 0 Å². The maximum absolute atomic E-state index is 12.8. The number of hydrogen-bond donors (Lipinski definition) is 0. The molecular weight excluding hydrogens is 320 g/mol. The molecule has 0 aromatic heterocycles. The normalized spacial score (nSPS) is 17.5. The van der Waals surface area contributed by atoms with E-state index < -0.39 is 0 Å². The molecule has 0 saturated carbocycles. The first-order valence-electron chi connectivity index (χ1n) is 9.27. The molecule has 1 aliphatic heterocycles. The molecule has 1 amide bonds. The van der Waals surface area contributed by atoms with Gasteiger partial charge < -0.3 is 9.80 Å². The zero-order valence-electron chi connectivity index (χ0n) is 15.4. The number of likely N-dealkylation sites (tertiary alicyclic amines) is 1. The van der Waals surface area contributed by atoms with E-state index in [1.807, 2.05) is 30.1 Å². The van der Waals surface area contributed by atoms with Gasteiger partial charge >= 0.3 is 0 Å². The minimum Gasteiger partial charge on any atom is -0.337 e. The molecule has 1 unspecified atom stereocenters. The minimum atomic E-state index is 0.0528. The van der Waals surface area contributed by atoms with Crippen molar-refractivity contribution in [3.63, 3.8) is 0 Å². The second kappa shape index (κ2) is 8.69. The third-order valence-electron chi connectivity index (χ3n) is 5.18. The number of carbonyl (C=O) groups is 1. The van der Waals surface area contributed by atoms with Crippen molar-refractivity contribution in [2.45, 2.75) is 25.3 Å². The van der Waals surface area contributed by atoms with Crippen molar-refractivity contribution in [2.75, 3.05) is 26.7 Å². The molecule has 2 aromatic rings. The van der Waals surface area contributed by atoms with E-state index in [0.717, 1.165) is 44.5 Å². The van der Waals surface area contributed by atoms with Crippen LogP contribution in [0.3, 0.4) is 0 Å². The quantitative estimate of drug-likeness (QED) is 0.774. The summed E-state index contributed by atoms with van der Waals surface area (Å²) in [5.74, 6) is 2.65. The van der Waals surface area contributed by atoms with Gasteiger partial charge in [-0.25, -0.2) is 0 Å². The van der Waals surface area contributed by atoms with Gasteiger partial charge in [-0.05, 0) is 49.6 Å². The predicted octanol–water partition coefficient (Wildman–Crippen LogP) is 3.45. The lowest BCUT2D eigenvalue weighted by Gasteiger charge is -2.37. The summed E-state index contributed by atoms with van der Waals surface area (Å²) in [6.45, 7) is 3.08. The summed E-state index contributed by atoms with van der Waals surface area (Å²) in [6, 6.07) is 18.2. The number of piperidine rings is 1. The molecule has 2 aromatic carbocycles. The maximum atomic E-state index is 12.8. The van der Waals surface area contributed by atoms with E-state index >= 15 is 0 Å². The number of nitrogens with zero attached hydrogens (tertiary/aromatic N) is 2. The van der Waals surface area contributed by atoms with Crippen LogP contribution in [0.2, 0.25) is 0 Å². The molecule has 3 nitrogen and oxygen atoms in total. The fourth-order valence-corrected chi connectivity index (χ4v) is 3.59. The van der Waals surface area contributed by atoms with Crippen LogP contribution in [-0.4, -0.2) is 48.4 Å². The van der Waals surface area contributed by atoms with Crippen LogP contribution < -0.4 is 0 Å². The Balaban J connectivity index is 1.59. The number of amides is 1. The van der Waals surface area contributed by atoms with E-state index in [-0.39, 0.29) is 11.9 Å². The monoisotopic (exact) mass is 346 g/mol. The Morgan fingerprint density at radius 1 is 1.23 bits per heavy atom. The Hall–Kier alpha value is -2.57. The average Bonchev–Trinajstić information content (AvgIpc) is 2.72. The van der Waals surface area contributed by atoms with E-state index in [1.54, 1.807) is 6.07 Å². The van der Waals surface area contributed by atoms with Crippen molar-refractivity contribution in [2.24, 2.45) is 0 Å². The van der Waals surface area contributed by atoms with Crippen LogP contribution in [0.1, 0.15) is 34.3 Å². The summed E-state index contributed by atoms with van der Waals surface area (Å²) in [6.07, 6.45) is 8.69. The Morgan fingerprint density at radius 3 is 2.81 bits per heavy atom. The molecule has 0 radical (unpaired) electrons. The number of hydrogen-bond acceptors (Lipinski definition) is 2. The highest BCUT2D eigenvalue weighted by molar-refractivity contribution is 5.94. The summed E-state index contributed by atoms with van der Waals surface area (Å²) in [4.78, 5) is 17.2. The standard InChI is InChI=1S/C23H26N2O/c1-3-19-11-7-12-21(17-19)23(26)24(2)22-13-8-15-25(18-22)16-14-20-9-5-4-6-10-20/h1,4-7,9-12,17,22H,8,13-16,18H2,2H3. The zero-order chi connectivity index (χ0) is 18.4. The number of likely N-dealkylation sites (N-methyl/N-ethyl adjacent to an activating group) is 1. The molecular formula is C23H26N2O. The zero-order valence-corrected chi connectivity index (χ0v) is 15.4. The van der Waals surface area contributed by atoms with Crippen LogP contribution in [0, 0.1) is 12.3 Å². The highest BCUT2D eigenvalue weighted by Gasteiger charge is 2.26. The van der Waals surface area contributed by atoms with Crippen molar-refractivity contribution < 1.29 is 4.79 Å². The smallest absolute Gasteiger partial charge is 0.253 e. The predicted molar refractivity (Wildman–Crippen MR) is 106 cm³/mol. The molecule has 0 spiro atoms. The molecule has 0 aliphatic carbocycles. The van der Waals surface area contributed by atoms with Gasteiger partial charge in [0, 0.05) is 37.3 Å². The first-order chi connectivity index (χ1) is 12.7. The number of terminal acetylenes is 1. The molecule has 3 heteroatoms.